The largest absolute Gasteiger partial charge is 0.363 e. The molecular weight excluding hydrogens is 185 g/mol. The molecule has 0 atom stereocenters. The van der Waals surface area contributed by atoms with Crippen molar-refractivity contribution in [2.45, 2.75) is 6.54 Å². The summed E-state index contributed by atoms with van der Waals surface area (Å²) in [6, 6.07) is 3.10. The first kappa shape index (κ1) is 8.68. The van der Waals surface area contributed by atoms with E-state index in [9.17, 15) is 4.39 Å². The van der Waals surface area contributed by atoms with E-state index in [0.717, 1.165) is 5.56 Å². The Morgan fingerprint density at radius 2 is 2.36 bits per heavy atom. The molecule has 0 spiro atoms. The normalized spacial score (nSPS) is 10.1. The molecule has 0 aliphatic carbocycles. The zero-order valence-electron chi connectivity index (χ0n) is 7.27. The summed E-state index contributed by atoms with van der Waals surface area (Å²) < 4.78 is 17.3. The van der Waals surface area contributed by atoms with Crippen LogP contribution in [0.2, 0.25) is 0 Å². The molecule has 0 fully saturated rings. The minimum absolute atomic E-state index is 0.343. The van der Waals surface area contributed by atoms with Gasteiger partial charge in [0.15, 0.2) is 5.82 Å². The average molecular weight is 193 g/mol. The summed E-state index contributed by atoms with van der Waals surface area (Å²) in [4.78, 5) is 3.73. The van der Waals surface area contributed by atoms with Crippen LogP contribution in [0.15, 0.2) is 35.3 Å². The van der Waals surface area contributed by atoms with Crippen LogP contribution in [-0.2, 0) is 6.54 Å². The Bertz CT molecular complexity index is 402. The summed E-state index contributed by atoms with van der Waals surface area (Å²) >= 11 is 0. The second kappa shape index (κ2) is 3.87. The maximum Gasteiger partial charge on any atom is 0.169 e. The SMILES string of the molecule is Fc1cncc(CNc2ccon2)c1. The second-order valence-corrected chi connectivity index (χ2v) is 2.75. The van der Waals surface area contributed by atoms with Crippen molar-refractivity contribution in [3.05, 3.63) is 42.2 Å². The quantitative estimate of drug-likeness (QED) is 0.807. The van der Waals surface area contributed by atoms with E-state index in [0.29, 0.717) is 12.4 Å². The van der Waals surface area contributed by atoms with Crippen LogP contribution < -0.4 is 5.32 Å². The van der Waals surface area contributed by atoms with Gasteiger partial charge in [0.25, 0.3) is 0 Å². The van der Waals surface area contributed by atoms with Gasteiger partial charge in [0, 0.05) is 18.8 Å². The van der Waals surface area contributed by atoms with Gasteiger partial charge in [-0.2, -0.15) is 0 Å². The molecule has 0 radical (unpaired) electrons. The molecule has 72 valence electrons. The van der Waals surface area contributed by atoms with Crippen LogP contribution in [0.5, 0.6) is 0 Å². The first-order chi connectivity index (χ1) is 6.84. The minimum Gasteiger partial charge on any atom is -0.363 e. The van der Waals surface area contributed by atoms with E-state index in [2.05, 4.69) is 20.0 Å². The summed E-state index contributed by atoms with van der Waals surface area (Å²) in [6.45, 7) is 0.470. The Morgan fingerprint density at radius 3 is 3.07 bits per heavy atom. The lowest BCUT2D eigenvalue weighted by atomic mass is 10.3. The summed E-state index contributed by atoms with van der Waals surface area (Å²) in [7, 11) is 0. The summed E-state index contributed by atoms with van der Waals surface area (Å²) in [6.07, 6.45) is 4.22. The first-order valence-corrected chi connectivity index (χ1v) is 4.08. The number of anilines is 1. The van der Waals surface area contributed by atoms with Crippen LogP contribution in [0, 0.1) is 5.82 Å². The van der Waals surface area contributed by atoms with Crippen molar-refractivity contribution >= 4 is 5.82 Å². The Hall–Kier alpha value is -1.91. The topological polar surface area (TPSA) is 51.0 Å². The highest BCUT2D eigenvalue weighted by molar-refractivity contribution is 5.31. The van der Waals surface area contributed by atoms with Crippen LogP contribution >= 0.6 is 0 Å². The van der Waals surface area contributed by atoms with Gasteiger partial charge in [-0.1, -0.05) is 5.16 Å². The zero-order valence-corrected chi connectivity index (χ0v) is 7.27. The van der Waals surface area contributed by atoms with Crippen molar-refractivity contribution in [3.8, 4) is 0 Å². The molecule has 0 aromatic carbocycles. The van der Waals surface area contributed by atoms with Gasteiger partial charge < -0.3 is 9.84 Å². The first-order valence-electron chi connectivity index (χ1n) is 4.08. The molecule has 2 aromatic rings. The van der Waals surface area contributed by atoms with E-state index < -0.39 is 0 Å². The van der Waals surface area contributed by atoms with E-state index in [1.54, 1.807) is 12.3 Å². The molecule has 5 heteroatoms. The number of hydrogen-bond acceptors (Lipinski definition) is 4. The molecule has 0 aliphatic heterocycles. The van der Waals surface area contributed by atoms with Crippen molar-refractivity contribution in [2.75, 3.05) is 5.32 Å². The zero-order chi connectivity index (χ0) is 9.80. The lowest BCUT2D eigenvalue weighted by molar-refractivity contribution is 0.422. The van der Waals surface area contributed by atoms with Gasteiger partial charge in [-0.3, -0.25) is 4.98 Å². The van der Waals surface area contributed by atoms with Crippen molar-refractivity contribution < 1.29 is 8.91 Å². The van der Waals surface area contributed by atoms with Gasteiger partial charge >= 0.3 is 0 Å². The molecule has 1 N–H and O–H groups in total. The Kier molecular flexibility index (Phi) is 2.40. The van der Waals surface area contributed by atoms with Gasteiger partial charge in [-0.25, -0.2) is 4.39 Å². The lowest BCUT2D eigenvalue weighted by Crippen LogP contribution is -2.00. The highest BCUT2D eigenvalue weighted by atomic mass is 19.1. The number of rotatable bonds is 3. The number of nitrogens with zero attached hydrogens (tertiary/aromatic N) is 2. The van der Waals surface area contributed by atoms with Crippen LogP contribution in [0.4, 0.5) is 10.2 Å². The van der Waals surface area contributed by atoms with Crippen LogP contribution in [0.25, 0.3) is 0 Å². The fourth-order valence-electron chi connectivity index (χ4n) is 1.05. The van der Waals surface area contributed by atoms with E-state index in [4.69, 9.17) is 0 Å². The average Bonchev–Trinajstić information content (AvgIpc) is 2.67. The lowest BCUT2D eigenvalue weighted by Gasteiger charge is -2.01. The second-order valence-electron chi connectivity index (χ2n) is 2.75. The highest BCUT2D eigenvalue weighted by Gasteiger charge is 1.97. The van der Waals surface area contributed by atoms with Crippen LogP contribution in [0.3, 0.4) is 0 Å². The maximum absolute atomic E-state index is 12.7. The standard InChI is InChI=1S/C9H8FN3O/c10-8-3-7(4-11-6-8)5-12-9-1-2-14-13-9/h1-4,6H,5H2,(H,12,13). The predicted octanol–water partition coefficient (Wildman–Crippen LogP) is 1.82. The third-order valence-electron chi connectivity index (χ3n) is 1.67. The maximum atomic E-state index is 12.7. The molecule has 4 nitrogen and oxygen atoms in total. The summed E-state index contributed by atoms with van der Waals surface area (Å²) in [5.41, 5.74) is 0.757. The molecule has 0 unspecified atom stereocenters. The van der Waals surface area contributed by atoms with Gasteiger partial charge in [0.1, 0.15) is 12.1 Å². The number of nitrogens with one attached hydrogen (secondary N) is 1. The highest BCUT2D eigenvalue weighted by Crippen LogP contribution is 2.05. The molecule has 0 saturated carbocycles. The van der Waals surface area contributed by atoms with Crippen molar-refractivity contribution in [3.63, 3.8) is 0 Å². The summed E-state index contributed by atoms with van der Waals surface area (Å²) in [5, 5.41) is 6.61. The molecule has 0 aliphatic rings. The van der Waals surface area contributed by atoms with E-state index in [1.165, 1.54) is 18.5 Å². The van der Waals surface area contributed by atoms with Gasteiger partial charge in [0.05, 0.1) is 6.20 Å². The van der Waals surface area contributed by atoms with E-state index in [-0.39, 0.29) is 5.82 Å². The third kappa shape index (κ3) is 2.07. The van der Waals surface area contributed by atoms with Crippen molar-refractivity contribution in [1.29, 1.82) is 0 Å². The molecular formula is C9H8FN3O. The third-order valence-corrected chi connectivity index (χ3v) is 1.67. The minimum atomic E-state index is -0.343. The molecule has 2 rings (SSSR count). The fourth-order valence-corrected chi connectivity index (χ4v) is 1.05. The summed E-state index contributed by atoms with van der Waals surface area (Å²) in [5.74, 6) is 0.277. The van der Waals surface area contributed by atoms with E-state index >= 15 is 0 Å². The number of pyridine rings is 1. The monoisotopic (exact) mass is 193 g/mol. The molecule has 2 aromatic heterocycles. The number of halogens is 1. The molecule has 0 amide bonds. The van der Waals surface area contributed by atoms with Crippen molar-refractivity contribution in [2.24, 2.45) is 0 Å². The van der Waals surface area contributed by atoms with Crippen LogP contribution in [-0.4, -0.2) is 10.1 Å². The van der Waals surface area contributed by atoms with Crippen LogP contribution in [0.1, 0.15) is 5.56 Å². The molecule has 2 heterocycles. The molecule has 0 saturated heterocycles. The molecule has 14 heavy (non-hydrogen) atoms. The van der Waals surface area contributed by atoms with Gasteiger partial charge in [-0.15, -0.1) is 0 Å². The van der Waals surface area contributed by atoms with Gasteiger partial charge in [0.2, 0.25) is 0 Å². The number of hydrogen-bond donors (Lipinski definition) is 1. The smallest absolute Gasteiger partial charge is 0.169 e. The van der Waals surface area contributed by atoms with E-state index in [1.807, 2.05) is 0 Å². The predicted molar refractivity (Wildman–Crippen MR) is 48.0 cm³/mol. The molecule has 0 bridgehead atoms. The fraction of sp³-hybridized carbons (Fsp3) is 0.111. The Balaban J connectivity index is 1.98. The Labute approximate surface area is 79.8 Å². The van der Waals surface area contributed by atoms with Gasteiger partial charge in [-0.05, 0) is 11.6 Å². The Morgan fingerprint density at radius 1 is 1.43 bits per heavy atom. The number of aromatic nitrogens is 2. The van der Waals surface area contributed by atoms with Crippen molar-refractivity contribution in [1.82, 2.24) is 10.1 Å².